The van der Waals surface area contributed by atoms with Crippen molar-refractivity contribution in [1.82, 2.24) is 9.71 Å². The normalized spacial score (nSPS) is 11.1. The molecule has 0 atom stereocenters. The van der Waals surface area contributed by atoms with Crippen LogP contribution in [0.1, 0.15) is 0 Å². The second-order valence-electron chi connectivity index (χ2n) is 4.68. The van der Waals surface area contributed by atoms with Gasteiger partial charge < -0.3 is 10.6 Å². The van der Waals surface area contributed by atoms with Crippen molar-refractivity contribution in [3.05, 3.63) is 42.7 Å². The highest BCUT2D eigenvalue weighted by Crippen LogP contribution is 2.26. The van der Waals surface area contributed by atoms with Gasteiger partial charge >= 0.3 is 0 Å². The first kappa shape index (κ1) is 18.2. The van der Waals surface area contributed by atoms with Crippen LogP contribution in [-0.4, -0.2) is 39.2 Å². The van der Waals surface area contributed by atoms with E-state index in [0.717, 1.165) is 4.90 Å². The smallest absolute Gasteiger partial charge is 0.240 e. The van der Waals surface area contributed by atoms with Crippen molar-refractivity contribution < 1.29 is 13.2 Å². The molecule has 2 aromatic rings. The van der Waals surface area contributed by atoms with Crippen molar-refractivity contribution in [2.24, 2.45) is 0 Å². The third-order valence-electron chi connectivity index (χ3n) is 3.13. The minimum Gasteiger partial charge on any atom is -0.386 e. The van der Waals surface area contributed by atoms with E-state index in [1.807, 2.05) is 12.1 Å². The highest BCUT2D eigenvalue weighted by Gasteiger charge is 2.15. The van der Waals surface area contributed by atoms with E-state index in [1.54, 1.807) is 25.5 Å². The molecule has 1 amide bonds. The average molecular weight is 366 g/mol. The molecule has 0 aliphatic carbocycles. The van der Waals surface area contributed by atoms with Gasteiger partial charge in [0.1, 0.15) is 0 Å². The van der Waals surface area contributed by atoms with Gasteiger partial charge in [0, 0.05) is 24.3 Å². The van der Waals surface area contributed by atoms with Gasteiger partial charge in [-0.25, -0.2) is 13.1 Å². The number of amides is 1. The Balaban J connectivity index is 2.12. The van der Waals surface area contributed by atoms with Crippen molar-refractivity contribution >= 4 is 39.1 Å². The lowest BCUT2D eigenvalue weighted by molar-refractivity contribution is -0.113. The minimum absolute atomic E-state index is 0.0843. The second kappa shape index (κ2) is 8.13. The third kappa shape index (κ3) is 4.70. The van der Waals surface area contributed by atoms with Crippen LogP contribution in [-0.2, 0) is 14.8 Å². The number of carbonyl (C=O) groups excluding carboxylic acids is 1. The molecule has 0 fully saturated rings. The molecular weight excluding hydrogens is 348 g/mol. The number of sulfonamides is 1. The molecule has 0 unspecified atom stereocenters. The van der Waals surface area contributed by atoms with Crippen LogP contribution in [0.25, 0.3) is 0 Å². The summed E-state index contributed by atoms with van der Waals surface area (Å²) < 4.78 is 26.0. The van der Waals surface area contributed by atoms with Crippen molar-refractivity contribution in [3.8, 4) is 0 Å². The highest BCUT2D eigenvalue weighted by atomic mass is 32.2. The number of aromatic nitrogens is 1. The maximum atomic E-state index is 12.1. The molecule has 1 heterocycles. The Hall–Kier alpha value is -2.10. The van der Waals surface area contributed by atoms with Crippen LogP contribution in [0.5, 0.6) is 0 Å². The molecule has 7 nitrogen and oxygen atoms in total. The lowest BCUT2D eigenvalue weighted by Gasteiger charge is -2.13. The zero-order valence-electron chi connectivity index (χ0n) is 13.2. The molecule has 0 radical (unpaired) electrons. The van der Waals surface area contributed by atoms with Crippen molar-refractivity contribution in [1.29, 1.82) is 0 Å². The predicted molar refractivity (Wildman–Crippen MR) is 95.8 cm³/mol. The summed E-state index contributed by atoms with van der Waals surface area (Å²) in [4.78, 5) is 17.1. The number of carbonyl (C=O) groups is 1. The Labute approximate surface area is 145 Å². The fraction of sp³-hybridized carbons (Fsp3) is 0.200. The van der Waals surface area contributed by atoms with E-state index in [1.165, 1.54) is 30.9 Å². The number of thioether (sulfide) groups is 1. The number of rotatable bonds is 7. The summed E-state index contributed by atoms with van der Waals surface area (Å²) in [6, 6.07) is 8.13. The number of anilines is 2. The summed E-state index contributed by atoms with van der Waals surface area (Å²) in [7, 11) is -0.542. The molecule has 0 aliphatic rings. The number of benzene rings is 1. The first-order valence-corrected chi connectivity index (χ1v) is 9.51. The van der Waals surface area contributed by atoms with Gasteiger partial charge in [-0.2, -0.15) is 0 Å². The van der Waals surface area contributed by atoms with Crippen LogP contribution < -0.4 is 15.4 Å². The van der Waals surface area contributed by atoms with Gasteiger partial charge in [-0.15, -0.1) is 11.8 Å². The molecule has 0 aliphatic heterocycles. The van der Waals surface area contributed by atoms with E-state index < -0.39 is 10.0 Å². The monoisotopic (exact) mass is 366 g/mol. The lowest BCUT2D eigenvalue weighted by atomic mass is 10.2. The second-order valence-corrected chi connectivity index (χ2v) is 7.62. The first-order valence-electron chi connectivity index (χ1n) is 7.04. The van der Waals surface area contributed by atoms with E-state index in [-0.39, 0.29) is 16.6 Å². The number of hydrogen-bond acceptors (Lipinski definition) is 6. The fourth-order valence-electron chi connectivity index (χ4n) is 1.90. The minimum atomic E-state index is -3.58. The van der Waals surface area contributed by atoms with Gasteiger partial charge in [0.15, 0.2) is 0 Å². The van der Waals surface area contributed by atoms with Gasteiger partial charge in [0.2, 0.25) is 15.9 Å². The Morgan fingerprint density at radius 2 is 1.83 bits per heavy atom. The van der Waals surface area contributed by atoms with E-state index in [4.69, 9.17) is 0 Å². The van der Waals surface area contributed by atoms with Crippen LogP contribution in [0.15, 0.2) is 52.5 Å². The van der Waals surface area contributed by atoms with Gasteiger partial charge in [-0.3, -0.25) is 9.78 Å². The van der Waals surface area contributed by atoms with Gasteiger partial charge in [-0.05, 0) is 37.4 Å². The molecule has 9 heteroatoms. The molecule has 3 N–H and O–H groups in total. The van der Waals surface area contributed by atoms with Gasteiger partial charge in [0.05, 0.1) is 22.0 Å². The number of pyridine rings is 1. The van der Waals surface area contributed by atoms with Crippen LogP contribution in [0.4, 0.5) is 11.4 Å². The maximum Gasteiger partial charge on any atom is 0.240 e. The zero-order valence-corrected chi connectivity index (χ0v) is 14.9. The Morgan fingerprint density at radius 1 is 1.12 bits per heavy atom. The Kier molecular flexibility index (Phi) is 6.18. The molecule has 0 saturated carbocycles. The summed E-state index contributed by atoms with van der Waals surface area (Å²) in [5.74, 6) is -0.0248. The topological polar surface area (TPSA) is 100 Å². The van der Waals surface area contributed by atoms with Crippen molar-refractivity contribution in [3.63, 3.8) is 0 Å². The molecule has 1 aromatic heterocycles. The van der Waals surface area contributed by atoms with Crippen LogP contribution in [0, 0.1) is 0 Å². The number of nitrogens with one attached hydrogen (secondary N) is 3. The summed E-state index contributed by atoms with van der Waals surface area (Å²) in [6.45, 7) is 0. The molecule has 128 valence electrons. The Bertz CT molecular complexity index is 811. The third-order valence-corrected chi connectivity index (χ3v) is 5.56. The van der Waals surface area contributed by atoms with E-state index in [0.29, 0.717) is 11.4 Å². The molecule has 2 rings (SSSR count). The molecule has 0 saturated heterocycles. The number of hydrogen-bond donors (Lipinski definition) is 3. The van der Waals surface area contributed by atoms with E-state index in [9.17, 15) is 13.2 Å². The van der Waals surface area contributed by atoms with Gasteiger partial charge in [0.25, 0.3) is 0 Å². The molecule has 0 bridgehead atoms. The van der Waals surface area contributed by atoms with Crippen LogP contribution >= 0.6 is 11.8 Å². The van der Waals surface area contributed by atoms with Crippen LogP contribution in [0.3, 0.4) is 0 Å². The van der Waals surface area contributed by atoms with E-state index >= 15 is 0 Å². The Morgan fingerprint density at radius 3 is 2.46 bits per heavy atom. The SMILES string of the molecule is CNc1ccc(S(=O)(=O)NC)cc1NC(=O)CSc1ccncc1. The summed E-state index contributed by atoms with van der Waals surface area (Å²) in [5.41, 5.74) is 1.04. The molecular formula is C15H18N4O3S2. The predicted octanol–water partition coefficient (Wildman–Crippen LogP) is 1.76. The standard InChI is InChI=1S/C15H18N4O3S2/c1-16-13-4-3-12(24(21,22)17-2)9-14(13)19-15(20)10-23-11-5-7-18-8-6-11/h3-9,16-17H,10H2,1-2H3,(H,19,20). The van der Waals surface area contributed by atoms with Crippen LogP contribution in [0.2, 0.25) is 0 Å². The van der Waals surface area contributed by atoms with E-state index in [2.05, 4.69) is 20.3 Å². The summed E-state index contributed by atoms with van der Waals surface area (Å²) in [5, 5.41) is 5.66. The number of nitrogens with zero attached hydrogens (tertiary/aromatic N) is 1. The highest BCUT2D eigenvalue weighted by molar-refractivity contribution is 8.00. The largest absolute Gasteiger partial charge is 0.386 e. The summed E-state index contributed by atoms with van der Waals surface area (Å²) in [6.07, 6.45) is 3.32. The lowest BCUT2D eigenvalue weighted by Crippen LogP contribution is -2.20. The first-order chi connectivity index (χ1) is 11.5. The van der Waals surface area contributed by atoms with Crippen molar-refractivity contribution in [2.75, 3.05) is 30.5 Å². The molecule has 0 spiro atoms. The fourth-order valence-corrected chi connectivity index (χ4v) is 3.34. The summed E-state index contributed by atoms with van der Waals surface area (Å²) >= 11 is 1.37. The zero-order chi connectivity index (χ0) is 17.6. The quantitative estimate of drug-likeness (QED) is 0.646. The molecule has 1 aromatic carbocycles. The van der Waals surface area contributed by atoms with Crippen molar-refractivity contribution in [2.45, 2.75) is 9.79 Å². The van der Waals surface area contributed by atoms with Gasteiger partial charge in [-0.1, -0.05) is 0 Å². The molecule has 24 heavy (non-hydrogen) atoms. The maximum absolute atomic E-state index is 12.1. The average Bonchev–Trinajstić information content (AvgIpc) is 2.60.